The maximum absolute atomic E-state index is 12.5. The Balaban J connectivity index is 1.84. The van der Waals surface area contributed by atoms with Crippen LogP contribution in [0.4, 0.5) is 0 Å². The van der Waals surface area contributed by atoms with Gasteiger partial charge in [-0.1, -0.05) is 12.1 Å². The van der Waals surface area contributed by atoms with Gasteiger partial charge < -0.3 is 14.4 Å². The Bertz CT molecular complexity index is 725. The monoisotopic (exact) mass is 297 g/mol. The van der Waals surface area contributed by atoms with Gasteiger partial charge in [-0.25, -0.2) is 0 Å². The van der Waals surface area contributed by atoms with Gasteiger partial charge in [-0.3, -0.25) is 4.79 Å². The van der Waals surface area contributed by atoms with Gasteiger partial charge >= 0.3 is 0 Å². The van der Waals surface area contributed by atoms with Crippen molar-refractivity contribution < 1.29 is 14.3 Å². The molecule has 4 atom stereocenters. The lowest BCUT2D eigenvalue weighted by Crippen LogP contribution is -2.64. The number of carbonyl (C=O) groups excluding carboxylic acids is 1. The SMILES string of the molecule is COc1ccc2c3c1O[C@H]1C(=O)C=C[C@H]4[C@H](C2)N(C)CC[C@]314. The average Bonchev–Trinajstić information content (AvgIpc) is 2.88. The minimum Gasteiger partial charge on any atom is -0.493 e. The Labute approximate surface area is 129 Å². The first-order chi connectivity index (χ1) is 10.7. The van der Waals surface area contributed by atoms with Gasteiger partial charge in [0.15, 0.2) is 23.4 Å². The van der Waals surface area contributed by atoms with Crippen molar-refractivity contribution >= 4 is 5.78 Å². The van der Waals surface area contributed by atoms with Crippen molar-refractivity contribution in [3.63, 3.8) is 0 Å². The number of rotatable bonds is 1. The summed E-state index contributed by atoms with van der Waals surface area (Å²) in [7, 11) is 3.86. The molecule has 4 nitrogen and oxygen atoms in total. The lowest BCUT2D eigenvalue weighted by atomic mass is 9.53. The van der Waals surface area contributed by atoms with Gasteiger partial charge in [-0.05, 0) is 44.1 Å². The first kappa shape index (κ1) is 12.7. The lowest BCUT2D eigenvalue weighted by Gasteiger charge is -2.55. The van der Waals surface area contributed by atoms with Gasteiger partial charge in [-0.2, -0.15) is 0 Å². The molecular formula is C18H19NO3. The zero-order valence-electron chi connectivity index (χ0n) is 12.8. The Morgan fingerprint density at radius 3 is 3.09 bits per heavy atom. The summed E-state index contributed by atoms with van der Waals surface area (Å²) < 4.78 is 11.7. The molecule has 0 saturated carbocycles. The topological polar surface area (TPSA) is 38.8 Å². The minimum atomic E-state index is -0.371. The van der Waals surface area contributed by atoms with Gasteiger partial charge in [0, 0.05) is 17.5 Å². The van der Waals surface area contributed by atoms with E-state index in [9.17, 15) is 4.79 Å². The number of piperidine rings is 1. The van der Waals surface area contributed by atoms with E-state index in [2.05, 4.69) is 24.1 Å². The molecule has 114 valence electrons. The molecule has 0 aromatic heterocycles. The Kier molecular flexibility index (Phi) is 2.27. The second-order valence-corrected chi connectivity index (χ2v) is 6.96. The van der Waals surface area contributed by atoms with E-state index in [0.717, 1.165) is 30.9 Å². The smallest absolute Gasteiger partial charge is 0.196 e. The van der Waals surface area contributed by atoms with Crippen LogP contribution in [-0.2, 0) is 16.6 Å². The largest absolute Gasteiger partial charge is 0.493 e. The fourth-order valence-corrected chi connectivity index (χ4v) is 5.23. The van der Waals surface area contributed by atoms with Crippen LogP contribution < -0.4 is 9.47 Å². The predicted molar refractivity (Wildman–Crippen MR) is 81.5 cm³/mol. The molecule has 1 aromatic rings. The van der Waals surface area contributed by atoms with Crippen LogP contribution in [0.3, 0.4) is 0 Å². The fraction of sp³-hybridized carbons (Fsp3) is 0.500. The predicted octanol–water partition coefficient (Wildman–Crippen LogP) is 1.71. The lowest BCUT2D eigenvalue weighted by molar-refractivity contribution is -0.127. The first-order valence-electron chi connectivity index (χ1n) is 7.96. The number of carbonyl (C=O) groups is 1. The summed E-state index contributed by atoms with van der Waals surface area (Å²) >= 11 is 0. The van der Waals surface area contributed by atoms with E-state index in [1.165, 1.54) is 11.1 Å². The van der Waals surface area contributed by atoms with Gasteiger partial charge in [0.2, 0.25) is 0 Å². The normalized spacial score (nSPS) is 37.7. The summed E-state index contributed by atoms with van der Waals surface area (Å²) in [5.74, 6) is 2.03. The van der Waals surface area contributed by atoms with Crippen molar-refractivity contribution in [3.05, 3.63) is 35.4 Å². The van der Waals surface area contributed by atoms with E-state index in [1.807, 2.05) is 6.07 Å². The highest BCUT2D eigenvalue weighted by molar-refractivity contribution is 5.98. The zero-order chi connectivity index (χ0) is 15.1. The molecule has 1 aromatic carbocycles. The number of hydrogen-bond donors (Lipinski definition) is 0. The van der Waals surface area contributed by atoms with Crippen LogP contribution in [-0.4, -0.2) is 43.5 Å². The van der Waals surface area contributed by atoms with Crippen LogP contribution in [0.15, 0.2) is 24.3 Å². The van der Waals surface area contributed by atoms with Gasteiger partial charge in [0.25, 0.3) is 0 Å². The molecule has 0 N–H and O–H groups in total. The van der Waals surface area contributed by atoms with Crippen LogP contribution >= 0.6 is 0 Å². The Morgan fingerprint density at radius 2 is 2.27 bits per heavy atom. The number of hydrogen-bond acceptors (Lipinski definition) is 4. The molecule has 2 bridgehead atoms. The second kappa shape index (κ2) is 3.93. The molecule has 22 heavy (non-hydrogen) atoms. The summed E-state index contributed by atoms with van der Waals surface area (Å²) in [4.78, 5) is 15.0. The summed E-state index contributed by atoms with van der Waals surface area (Å²) in [6.07, 6.45) is 5.50. The fourth-order valence-electron chi connectivity index (χ4n) is 5.23. The van der Waals surface area contributed by atoms with Crippen LogP contribution in [0.1, 0.15) is 17.5 Å². The molecule has 2 aliphatic carbocycles. The molecule has 5 rings (SSSR count). The van der Waals surface area contributed by atoms with Crippen molar-refractivity contribution in [2.24, 2.45) is 5.92 Å². The van der Waals surface area contributed by atoms with Crippen molar-refractivity contribution in [1.29, 1.82) is 0 Å². The highest BCUT2D eigenvalue weighted by Crippen LogP contribution is 2.61. The number of nitrogens with zero attached hydrogens (tertiary/aromatic N) is 1. The minimum absolute atomic E-state index is 0.102. The summed E-state index contributed by atoms with van der Waals surface area (Å²) in [6, 6.07) is 4.60. The van der Waals surface area contributed by atoms with Crippen LogP contribution in [0.25, 0.3) is 0 Å². The third-order valence-electron chi connectivity index (χ3n) is 6.21. The molecule has 2 heterocycles. The van der Waals surface area contributed by atoms with Crippen molar-refractivity contribution in [2.75, 3.05) is 20.7 Å². The van der Waals surface area contributed by atoms with Crippen LogP contribution in [0.2, 0.25) is 0 Å². The van der Waals surface area contributed by atoms with E-state index in [1.54, 1.807) is 13.2 Å². The molecule has 0 amide bonds. The molecule has 2 aliphatic heterocycles. The van der Waals surface area contributed by atoms with E-state index < -0.39 is 0 Å². The molecule has 4 aliphatic rings. The Morgan fingerprint density at radius 1 is 1.41 bits per heavy atom. The van der Waals surface area contributed by atoms with Crippen molar-refractivity contribution in [1.82, 2.24) is 4.90 Å². The molecule has 1 spiro atoms. The summed E-state index contributed by atoms with van der Waals surface area (Å²) in [5.41, 5.74) is 2.40. The molecule has 4 heteroatoms. The number of likely N-dealkylation sites (tertiary alicyclic amines) is 1. The highest BCUT2D eigenvalue weighted by Gasteiger charge is 2.64. The van der Waals surface area contributed by atoms with E-state index >= 15 is 0 Å². The van der Waals surface area contributed by atoms with Crippen LogP contribution in [0.5, 0.6) is 11.5 Å². The molecule has 0 radical (unpaired) electrons. The molecule has 0 unspecified atom stereocenters. The average molecular weight is 297 g/mol. The number of benzene rings is 1. The van der Waals surface area contributed by atoms with Crippen molar-refractivity contribution in [3.8, 4) is 11.5 Å². The number of likely N-dealkylation sites (N-methyl/N-ethyl adjacent to an activating group) is 1. The maximum Gasteiger partial charge on any atom is 0.196 e. The summed E-state index contributed by atoms with van der Waals surface area (Å²) in [6.45, 7) is 1.01. The molecule has 1 fully saturated rings. The van der Waals surface area contributed by atoms with Crippen LogP contribution in [0, 0.1) is 5.92 Å². The number of ketones is 1. The summed E-state index contributed by atoms with van der Waals surface area (Å²) in [5, 5.41) is 0. The molecule has 1 saturated heterocycles. The van der Waals surface area contributed by atoms with Gasteiger partial charge in [0.1, 0.15) is 0 Å². The van der Waals surface area contributed by atoms with Gasteiger partial charge in [-0.15, -0.1) is 0 Å². The van der Waals surface area contributed by atoms with E-state index in [-0.39, 0.29) is 17.3 Å². The number of methoxy groups -OCH3 is 1. The highest BCUT2D eigenvalue weighted by atomic mass is 16.5. The second-order valence-electron chi connectivity index (χ2n) is 6.96. The van der Waals surface area contributed by atoms with E-state index in [4.69, 9.17) is 9.47 Å². The first-order valence-corrected chi connectivity index (χ1v) is 7.96. The van der Waals surface area contributed by atoms with E-state index in [0.29, 0.717) is 12.0 Å². The number of ether oxygens (including phenoxy) is 2. The maximum atomic E-state index is 12.5. The standard InChI is InChI=1S/C18H19NO3/c1-19-8-7-18-11-4-5-13(20)17(18)22-16-14(21-2)6-3-10(15(16)18)9-12(11)19/h3-6,11-12,17H,7-9H2,1-2H3/t11-,12-,17-,18-/m0/s1. The molecular weight excluding hydrogens is 278 g/mol. The van der Waals surface area contributed by atoms with Crippen molar-refractivity contribution in [2.45, 2.75) is 30.4 Å². The Hall–Kier alpha value is -1.81. The zero-order valence-corrected chi connectivity index (χ0v) is 12.8. The third-order valence-corrected chi connectivity index (χ3v) is 6.21. The quantitative estimate of drug-likeness (QED) is 0.791. The van der Waals surface area contributed by atoms with Gasteiger partial charge in [0.05, 0.1) is 12.5 Å². The third kappa shape index (κ3) is 1.23.